The molecule has 1 fully saturated rings. The molecular formula is C18H18Cl2N2O7. The number of benzene rings is 1. The van der Waals surface area contributed by atoms with Gasteiger partial charge in [-0.1, -0.05) is 23.2 Å². The molecule has 29 heavy (non-hydrogen) atoms. The first kappa shape index (κ1) is 21.4. The van der Waals surface area contributed by atoms with Gasteiger partial charge in [-0.15, -0.1) is 0 Å². The van der Waals surface area contributed by atoms with Crippen LogP contribution in [0.5, 0.6) is 0 Å². The zero-order valence-corrected chi connectivity index (χ0v) is 17.3. The van der Waals surface area contributed by atoms with Crippen LogP contribution in [0.2, 0.25) is 10.0 Å². The van der Waals surface area contributed by atoms with Crippen LogP contribution in [0.25, 0.3) is 11.0 Å². The van der Waals surface area contributed by atoms with E-state index in [0.29, 0.717) is 21.1 Å². The second-order valence-corrected chi connectivity index (χ2v) is 7.24. The van der Waals surface area contributed by atoms with Crippen LogP contribution >= 0.6 is 23.2 Å². The zero-order chi connectivity index (χ0) is 21.3. The number of nitrogens with zero attached hydrogens (tertiary/aromatic N) is 2. The molecule has 1 aliphatic rings. The topological polar surface area (TPSA) is 106 Å². The maximum atomic E-state index is 11.8. The summed E-state index contributed by atoms with van der Waals surface area (Å²) in [5, 5.41) is 0.633. The molecule has 0 radical (unpaired) electrons. The van der Waals surface area contributed by atoms with Crippen molar-refractivity contribution in [3.05, 3.63) is 28.5 Å². The first-order valence-electron chi connectivity index (χ1n) is 8.62. The molecule has 0 bridgehead atoms. The molecule has 0 spiro atoms. The van der Waals surface area contributed by atoms with Gasteiger partial charge in [0, 0.05) is 20.8 Å². The average molecular weight is 445 g/mol. The molecule has 0 aliphatic carbocycles. The lowest BCUT2D eigenvalue weighted by atomic mass is 10.0. The average Bonchev–Trinajstić information content (AvgIpc) is 2.99. The number of halogens is 2. The van der Waals surface area contributed by atoms with Crippen molar-refractivity contribution in [3.63, 3.8) is 0 Å². The molecule has 156 valence electrons. The van der Waals surface area contributed by atoms with Crippen LogP contribution in [0.1, 0.15) is 27.0 Å². The van der Waals surface area contributed by atoms with Crippen LogP contribution in [0.3, 0.4) is 0 Å². The number of aromatic nitrogens is 2. The molecule has 1 aliphatic heterocycles. The van der Waals surface area contributed by atoms with E-state index in [-0.39, 0.29) is 6.61 Å². The van der Waals surface area contributed by atoms with Crippen molar-refractivity contribution in [2.75, 3.05) is 6.61 Å². The molecule has 1 aromatic heterocycles. The number of imidazole rings is 1. The Bertz CT molecular complexity index is 961. The monoisotopic (exact) mass is 444 g/mol. The van der Waals surface area contributed by atoms with Gasteiger partial charge in [-0.05, 0) is 12.1 Å². The van der Waals surface area contributed by atoms with Gasteiger partial charge in [0.25, 0.3) is 0 Å². The highest BCUT2D eigenvalue weighted by molar-refractivity contribution is 6.42. The van der Waals surface area contributed by atoms with Crippen molar-refractivity contribution in [2.24, 2.45) is 0 Å². The number of carbonyl (C=O) groups excluding carboxylic acids is 3. The molecule has 1 saturated heterocycles. The molecule has 0 saturated carbocycles. The Hall–Kier alpha value is -2.36. The summed E-state index contributed by atoms with van der Waals surface area (Å²) in [6.45, 7) is 3.53. The summed E-state index contributed by atoms with van der Waals surface area (Å²) in [7, 11) is 0. The van der Waals surface area contributed by atoms with Crippen LogP contribution in [0.15, 0.2) is 18.5 Å². The van der Waals surface area contributed by atoms with Crippen molar-refractivity contribution in [2.45, 2.75) is 45.3 Å². The van der Waals surface area contributed by atoms with E-state index >= 15 is 0 Å². The van der Waals surface area contributed by atoms with Crippen molar-refractivity contribution in [1.29, 1.82) is 0 Å². The van der Waals surface area contributed by atoms with E-state index in [1.165, 1.54) is 27.1 Å². The number of fused-ring (bicyclic) bond motifs is 1. The Morgan fingerprint density at radius 3 is 2.21 bits per heavy atom. The number of rotatable bonds is 4. The molecule has 4 atom stereocenters. The maximum Gasteiger partial charge on any atom is 0.303 e. The number of esters is 3. The van der Waals surface area contributed by atoms with Gasteiger partial charge >= 0.3 is 17.9 Å². The number of hydrogen-bond donors (Lipinski definition) is 0. The summed E-state index contributed by atoms with van der Waals surface area (Å²) < 4.78 is 23.4. The van der Waals surface area contributed by atoms with Gasteiger partial charge in [-0.3, -0.25) is 14.4 Å². The fraction of sp³-hybridized carbons (Fsp3) is 0.444. The molecular weight excluding hydrogens is 427 g/mol. The molecule has 11 heteroatoms. The minimum absolute atomic E-state index is 0.0963. The fourth-order valence-electron chi connectivity index (χ4n) is 3.19. The normalized spacial score (nSPS) is 24.2. The molecule has 0 N–H and O–H groups in total. The molecule has 3 rings (SSSR count). The van der Waals surface area contributed by atoms with Crippen LogP contribution in [-0.4, -0.2) is 52.4 Å². The number of carbonyl (C=O) groups is 3. The molecule has 0 amide bonds. The van der Waals surface area contributed by atoms with E-state index < -0.39 is 42.4 Å². The van der Waals surface area contributed by atoms with Crippen LogP contribution < -0.4 is 0 Å². The van der Waals surface area contributed by atoms with Crippen molar-refractivity contribution in [1.82, 2.24) is 9.55 Å². The van der Waals surface area contributed by atoms with Gasteiger partial charge in [0.15, 0.2) is 24.5 Å². The highest BCUT2D eigenvalue weighted by Gasteiger charge is 2.48. The molecule has 2 aromatic rings. The van der Waals surface area contributed by atoms with E-state index in [0.717, 1.165) is 0 Å². The SMILES string of the molecule is CC(=O)O[C@@H]1[C@H](OC(C)=O)[C@H](OC(C)=O)CO[C@H]1n1cnc2cc(Cl)c(Cl)cc21. The zero-order valence-electron chi connectivity index (χ0n) is 15.8. The Morgan fingerprint density at radius 2 is 1.59 bits per heavy atom. The van der Waals surface area contributed by atoms with Gasteiger partial charge in [-0.2, -0.15) is 0 Å². The summed E-state index contributed by atoms with van der Waals surface area (Å²) in [5.74, 6) is -1.85. The third-order valence-electron chi connectivity index (χ3n) is 4.21. The Morgan fingerprint density at radius 1 is 1.00 bits per heavy atom. The maximum absolute atomic E-state index is 11.8. The van der Waals surface area contributed by atoms with Gasteiger partial charge in [0.05, 0.1) is 34.0 Å². The Balaban J connectivity index is 2.05. The van der Waals surface area contributed by atoms with E-state index in [1.807, 2.05) is 0 Å². The lowest BCUT2D eigenvalue weighted by Crippen LogP contribution is -2.55. The van der Waals surface area contributed by atoms with Gasteiger partial charge in [0.1, 0.15) is 0 Å². The quantitative estimate of drug-likeness (QED) is 0.523. The standard InChI is InChI=1S/C18H18Cl2N2O7/c1-8(23)27-15-6-26-18(17(29-10(3)25)16(15)28-9(2)24)22-7-21-13-4-11(19)12(20)5-14(13)22/h4-5,7,15-18H,6H2,1-3H3/t15-,16-,17-,18-/m1/s1. The molecule has 0 unspecified atom stereocenters. The summed E-state index contributed by atoms with van der Waals surface area (Å²) >= 11 is 12.2. The van der Waals surface area contributed by atoms with Crippen LogP contribution in [0.4, 0.5) is 0 Å². The third kappa shape index (κ3) is 4.63. The van der Waals surface area contributed by atoms with E-state index in [4.69, 9.17) is 42.1 Å². The Labute approximate surface area is 175 Å². The first-order valence-corrected chi connectivity index (χ1v) is 9.37. The highest BCUT2D eigenvalue weighted by Crippen LogP contribution is 2.35. The lowest BCUT2D eigenvalue weighted by molar-refractivity contribution is -0.239. The molecule has 1 aromatic carbocycles. The van der Waals surface area contributed by atoms with Crippen molar-refractivity contribution in [3.8, 4) is 0 Å². The summed E-state index contributed by atoms with van der Waals surface area (Å²) in [4.78, 5) is 39.2. The van der Waals surface area contributed by atoms with Crippen molar-refractivity contribution < 1.29 is 33.3 Å². The van der Waals surface area contributed by atoms with E-state index in [2.05, 4.69) is 4.98 Å². The smallest absolute Gasteiger partial charge is 0.303 e. The number of ether oxygens (including phenoxy) is 4. The van der Waals surface area contributed by atoms with Gasteiger partial charge in [0.2, 0.25) is 0 Å². The second kappa shape index (κ2) is 8.56. The van der Waals surface area contributed by atoms with Gasteiger partial charge in [-0.25, -0.2) is 4.98 Å². The number of hydrogen-bond acceptors (Lipinski definition) is 8. The summed E-state index contributed by atoms with van der Waals surface area (Å²) in [6.07, 6.45) is -2.60. The predicted molar refractivity (Wildman–Crippen MR) is 101 cm³/mol. The van der Waals surface area contributed by atoms with Crippen molar-refractivity contribution >= 4 is 52.1 Å². The third-order valence-corrected chi connectivity index (χ3v) is 4.94. The summed E-state index contributed by atoms with van der Waals surface area (Å²) in [6, 6.07) is 3.18. The fourth-order valence-corrected chi connectivity index (χ4v) is 3.50. The molecule has 9 nitrogen and oxygen atoms in total. The van der Waals surface area contributed by atoms with Crippen LogP contribution in [-0.2, 0) is 33.3 Å². The summed E-state index contributed by atoms with van der Waals surface area (Å²) in [5.41, 5.74) is 1.10. The minimum atomic E-state index is -1.11. The minimum Gasteiger partial charge on any atom is -0.456 e. The first-order chi connectivity index (χ1) is 13.7. The largest absolute Gasteiger partial charge is 0.456 e. The van der Waals surface area contributed by atoms with Gasteiger partial charge < -0.3 is 23.5 Å². The van der Waals surface area contributed by atoms with Crippen LogP contribution in [0, 0.1) is 0 Å². The lowest BCUT2D eigenvalue weighted by Gasteiger charge is -2.40. The van der Waals surface area contributed by atoms with E-state index in [1.54, 1.807) is 16.7 Å². The second-order valence-electron chi connectivity index (χ2n) is 6.43. The predicted octanol–water partition coefficient (Wildman–Crippen LogP) is 2.67. The highest BCUT2D eigenvalue weighted by atomic mass is 35.5. The Kier molecular flexibility index (Phi) is 6.30. The van der Waals surface area contributed by atoms with E-state index in [9.17, 15) is 14.4 Å². The molecule has 2 heterocycles.